The Bertz CT molecular complexity index is 313. The van der Waals surface area contributed by atoms with Crippen LogP contribution in [-0.4, -0.2) is 22.3 Å². The number of aryl methyl sites for hydroxylation is 1. The van der Waals surface area contributed by atoms with Gasteiger partial charge in [-0.05, 0) is 18.4 Å². The zero-order valence-corrected chi connectivity index (χ0v) is 8.86. The number of nitrogens with zero attached hydrogens (tertiary/aromatic N) is 3. The summed E-state index contributed by atoms with van der Waals surface area (Å²) in [6, 6.07) is 0. The molecule has 2 N–H and O–H groups in total. The lowest BCUT2D eigenvalue weighted by Crippen LogP contribution is -2.18. The quantitative estimate of drug-likeness (QED) is 0.577. The molecule has 1 heterocycles. The van der Waals surface area contributed by atoms with Gasteiger partial charge in [0, 0.05) is 18.9 Å². The van der Waals surface area contributed by atoms with E-state index in [4.69, 9.17) is 5.73 Å². The van der Waals surface area contributed by atoms with Gasteiger partial charge in [0.1, 0.15) is 0 Å². The summed E-state index contributed by atoms with van der Waals surface area (Å²) in [6.45, 7) is 6.83. The molecule has 14 heavy (non-hydrogen) atoms. The molecule has 1 rings (SSSR count). The van der Waals surface area contributed by atoms with Gasteiger partial charge in [-0.2, -0.15) is 0 Å². The molecular formula is C10H16N4. The zero-order valence-electron chi connectivity index (χ0n) is 8.86. The Kier molecular flexibility index (Phi) is 3.56. The molecule has 0 aromatic carbocycles. The first kappa shape index (κ1) is 10.6. The van der Waals surface area contributed by atoms with Crippen LogP contribution in [0.2, 0.25) is 0 Å². The second-order valence-electron chi connectivity index (χ2n) is 3.70. The Labute approximate surface area is 84.3 Å². The normalized spacial score (nSPS) is 12.1. The molecule has 0 atom stereocenters. The van der Waals surface area contributed by atoms with Crippen molar-refractivity contribution in [3.63, 3.8) is 0 Å². The first-order valence-electron chi connectivity index (χ1n) is 4.68. The molecule has 0 amide bonds. The van der Waals surface area contributed by atoms with E-state index >= 15 is 0 Å². The lowest BCUT2D eigenvalue weighted by molar-refractivity contribution is 0.665. The summed E-state index contributed by atoms with van der Waals surface area (Å²) >= 11 is 0. The number of hydrogen-bond donors (Lipinski definition) is 1. The zero-order chi connectivity index (χ0) is 10.6. The van der Waals surface area contributed by atoms with Crippen LogP contribution in [0.3, 0.4) is 0 Å². The van der Waals surface area contributed by atoms with Crippen molar-refractivity contribution < 1.29 is 0 Å². The summed E-state index contributed by atoms with van der Waals surface area (Å²) in [5.41, 5.74) is 6.74. The van der Waals surface area contributed by atoms with Gasteiger partial charge in [-0.25, -0.2) is 9.97 Å². The number of rotatable bonds is 3. The molecular weight excluding hydrogens is 176 g/mol. The van der Waals surface area contributed by atoms with Gasteiger partial charge in [0.15, 0.2) is 11.7 Å². The van der Waals surface area contributed by atoms with Crippen LogP contribution in [-0.2, 0) is 0 Å². The number of aliphatic imine (C=N–C) groups is 1. The van der Waals surface area contributed by atoms with E-state index in [-0.39, 0.29) is 0 Å². The van der Waals surface area contributed by atoms with Gasteiger partial charge >= 0.3 is 0 Å². The van der Waals surface area contributed by atoms with Gasteiger partial charge in [-0.15, -0.1) is 0 Å². The van der Waals surface area contributed by atoms with Crippen LogP contribution in [0.15, 0.2) is 17.4 Å². The minimum atomic E-state index is 0.415. The summed E-state index contributed by atoms with van der Waals surface area (Å²) in [5.74, 6) is 1.42. The molecule has 0 radical (unpaired) electrons. The van der Waals surface area contributed by atoms with Crippen LogP contribution in [0.5, 0.6) is 0 Å². The van der Waals surface area contributed by atoms with E-state index < -0.39 is 0 Å². The molecule has 0 saturated carbocycles. The highest BCUT2D eigenvalue weighted by Gasteiger charge is 2.01. The molecule has 1 aromatic heterocycles. The second kappa shape index (κ2) is 4.69. The fourth-order valence-corrected chi connectivity index (χ4v) is 0.876. The molecule has 4 nitrogen and oxygen atoms in total. The Morgan fingerprint density at radius 3 is 2.50 bits per heavy atom. The maximum Gasteiger partial charge on any atom is 0.194 e. The molecule has 1 aromatic rings. The van der Waals surface area contributed by atoms with Crippen molar-refractivity contribution in [1.29, 1.82) is 0 Å². The standard InChI is InChI=1S/C10H16N4/c1-7(2)4-12-9(11)10-13-5-8(3)6-14-10/h5-7H,4H2,1-3H3,(H2,11,12). The van der Waals surface area contributed by atoms with E-state index in [9.17, 15) is 0 Å². The van der Waals surface area contributed by atoms with E-state index in [0.717, 1.165) is 5.56 Å². The minimum absolute atomic E-state index is 0.415. The summed E-state index contributed by atoms with van der Waals surface area (Å²) < 4.78 is 0. The Morgan fingerprint density at radius 2 is 2.00 bits per heavy atom. The second-order valence-corrected chi connectivity index (χ2v) is 3.70. The summed E-state index contributed by atoms with van der Waals surface area (Å²) in [6.07, 6.45) is 3.47. The Morgan fingerprint density at radius 1 is 1.43 bits per heavy atom. The molecule has 0 aliphatic carbocycles. The highest BCUT2D eigenvalue weighted by Crippen LogP contribution is 1.96. The van der Waals surface area contributed by atoms with Crippen molar-refractivity contribution in [2.24, 2.45) is 16.6 Å². The van der Waals surface area contributed by atoms with Crippen molar-refractivity contribution in [1.82, 2.24) is 9.97 Å². The molecule has 0 fully saturated rings. The van der Waals surface area contributed by atoms with E-state index in [1.54, 1.807) is 12.4 Å². The van der Waals surface area contributed by atoms with Gasteiger partial charge in [-0.3, -0.25) is 4.99 Å². The van der Waals surface area contributed by atoms with Crippen molar-refractivity contribution in [3.05, 3.63) is 23.8 Å². The largest absolute Gasteiger partial charge is 0.381 e. The fourth-order valence-electron chi connectivity index (χ4n) is 0.876. The molecule has 76 valence electrons. The summed E-state index contributed by atoms with van der Waals surface area (Å²) in [5, 5.41) is 0. The molecule has 0 unspecified atom stereocenters. The van der Waals surface area contributed by atoms with E-state index in [1.807, 2.05) is 6.92 Å². The van der Waals surface area contributed by atoms with Crippen molar-refractivity contribution in [2.75, 3.05) is 6.54 Å². The fraction of sp³-hybridized carbons (Fsp3) is 0.500. The first-order valence-corrected chi connectivity index (χ1v) is 4.68. The first-order chi connectivity index (χ1) is 6.59. The third-order valence-corrected chi connectivity index (χ3v) is 1.64. The van der Waals surface area contributed by atoms with E-state index in [2.05, 4.69) is 28.8 Å². The van der Waals surface area contributed by atoms with Gasteiger partial charge in [-0.1, -0.05) is 13.8 Å². The van der Waals surface area contributed by atoms with Crippen molar-refractivity contribution >= 4 is 5.84 Å². The monoisotopic (exact) mass is 192 g/mol. The average Bonchev–Trinajstić information content (AvgIpc) is 2.15. The topological polar surface area (TPSA) is 64.2 Å². The van der Waals surface area contributed by atoms with Crippen molar-refractivity contribution in [2.45, 2.75) is 20.8 Å². The van der Waals surface area contributed by atoms with Crippen LogP contribution >= 0.6 is 0 Å². The van der Waals surface area contributed by atoms with E-state index in [1.165, 1.54) is 0 Å². The number of nitrogens with two attached hydrogens (primary N) is 1. The van der Waals surface area contributed by atoms with Crippen LogP contribution in [0.1, 0.15) is 25.2 Å². The highest BCUT2D eigenvalue weighted by molar-refractivity contribution is 5.93. The van der Waals surface area contributed by atoms with Crippen LogP contribution < -0.4 is 5.73 Å². The van der Waals surface area contributed by atoms with Crippen molar-refractivity contribution in [3.8, 4) is 0 Å². The summed E-state index contributed by atoms with van der Waals surface area (Å²) in [7, 11) is 0. The molecule has 0 aliphatic rings. The molecule has 0 bridgehead atoms. The average molecular weight is 192 g/mol. The smallest absolute Gasteiger partial charge is 0.194 e. The molecule has 4 heteroatoms. The number of hydrogen-bond acceptors (Lipinski definition) is 3. The van der Waals surface area contributed by atoms with Crippen LogP contribution in [0.25, 0.3) is 0 Å². The van der Waals surface area contributed by atoms with Gasteiger partial charge in [0.25, 0.3) is 0 Å². The van der Waals surface area contributed by atoms with E-state index in [0.29, 0.717) is 24.1 Å². The third-order valence-electron chi connectivity index (χ3n) is 1.64. The predicted octanol–water partition coefficient (Wildman–Crippen LogP) is 1.15. The molecule has 0 spiro atoms. The van der Waals surface area contributed by atoms with Gasteiger partial charge < -0.3 is 5.73 Å². The van der Waals surface area contributed by atoms with Gasteiger partial charge in [0.05, 0.1) is 0 Å². The minimum Gasteiger partial charge on any atom is -0.381 e. The highest BCUT2D eigenvalue weighted by atomic mass is 15.0. The predicted molar refractivity (Wildman–Crippen MR) is 57.2 cm³/mol. The maximum atomic E-state index is 5.72. The van der Waals surface area contributed by atoms with Crippen LogP contribution in [0.4, 0.5) is 0 Å². The van der Waals surface area contributed by atoms with Gasteiger partial charge in [0.2, 0.25) is 0 Å². The molecule has 0 saturated heterocycles. The number of aromatic nitrogens is 2. The third kappa shape index (κ3) is 3.12. The summed E-state index contributed by atoms with van der Waals surface area (Å²) in [4.78, 5) is 12.4. The number of amidine groups is 1. The van der Waals surface area contributed by atoms with Crippen LogP contribution in [0, 0.1) is 12.8 Å². The molecule has 0 aliphatic heterocycles. The SMILES string of the molecule is Cc1cnc(C(N)=NCC(C)C)nc1. The lowest BCUT2D eigenvalue weighted by atomic mass is 10.2. The maximum absolute atomic E-state index is 5.72. The Hall–Kier alpha value is -1.45. The Balaban J connectivity index is 2.73. The lowest BCUT2D eigenvalue weighted by Gasteiger charge is -2.01.